The molecular formula is C29H32Cl2N4O2. The van der Waals surface area contributed by atoms with Crippen molar-refractivity contribution in [2.24, 2.45) is 0 Å². The number of imidazole rings is 1. The van der Waals surface area contributed by atoms with Crippen molar-refractivity contribution in [3.63, 3.8) is 0 Å². The van der Waals surface area contributed by atoms with Gasteiger partial charge in [0.2, 0.25) is 0 Å². The molecule has 0 bridgehead atoms. The Morgan fingerprint density at radius 3 is 2.62 bits per heavy atom. The van der Waals surface area contributed by atoms with Crippen LogP contribution in [0.4, 0.5) is 0 Å². The first-order valence-corrected chi connectivity index (χ1v) is 12.5. The van der Waals surface area contributed by atoms with Crippen LogP contribution in [-0.2, 0) is 13.0 Å². The number of hydrogen-bond acceptors (Lipinski definition) is 5. The molecule has 4 aromatic rings. The molecule has 8 heteroatoms. The lowest BCUT2D eigenvalue weighted by Gasteiger charge is -2.33. The molecule has 2 aromatic carbocycles. The minimum atomic E-state index is -0.0276. The Labute approximate surface area is 229 Å². The molecule has 194 valence electrons. The SMILES string of the molecule is CC(=O)c1ncn2c1COc1c(CCN3CCC(c4cccc5nc(C)ccc45)CC3)cccc1-2.Cl.Cl. The van der Waals surface area contributed by atoms with E-state index in [-0.39, 0.29) is 30.6 Å². The standard InChI is InChI=1S/C29H30N4O2.2ClH/c1-19-9-10-24-23(6-4-7-25(24)31-19)21-11-14-32(15-12-21)16-13-22-5-3-8-26-29(22)35-17-27-28(20(2)34)30-18-33(26)27;;/h3-10,18,21H,11-17H2,1-2H3;2*1H. The maximum absolute atomic E-state index is 11.9. The summed E-state index contributed by atoms with van der Waals surface area (Å²) in [6.45, 7) is 7.20. The molecular weight excluding hydrogens is 507 g/mol. The number of rotatable bonds is 5. The van der Waals surface area contributed by atoms with Crippen LogP contribution in [0.3, 0.4) is 0 Å². The average Bonchev–Trinajstić information content (AvgIpc) is 3.32. The van der Waals surface area contributed by atoms with Gasteiger partial charge >= 0.3 is 0 Å². The molecule has 0 amide bonds. The van der Waals surface area contributed by atoms with Crippen LogP contribution < -0.4 is 4.74 Å². The van der Waals surface area contributed by atoms with Crippen molar-refractivity contribution in [1.29, 1.82) is 0 Å². The summed E-state index contributed by atoms with van der Waals surface area (Å²) in [7, 11) is 0. The van der Waals surface area contributed by atoms with Crippen molar-refractivity contribution in [1.82, 2.24) is 19.4 Å². The molecule has 0 radical (unpaired) electrons. The van der Waals surface area contributed by atoms with Crippen LogP contribution in [0.15, 0.2) is 54.9 Å². The summed E-state index contributed by atoms with van der Waals surface area (Å²) in [5, 5.41) is 1.30. The third-order valence-corrected chi connectivity index (χ3v) is 7.52. The summed E-state index contributed by atoms with van der Waals surface area (Å²) in [6, 6.07) is 17.2. The number of likely N-dealkylation sites (tertiary alicyclic amines) is 1. The molecule has 4 heterocycles. The summed E-state index contributed by atoms with van der Waals surface area (Å²) in [5.74, 6) is 1.48. The average molecular weight is 540 g/mol. The van der Waals surface area contributed by atoms with Crippen LogP contribution in [0.25, 0.3) is 16.6 Å². The molecule has 0 N–H and O–H groups in total. The van der Waals surface area contributed by atoms with E-state index in [4.69, 9.17) is 9.72 Å². The number of nitrogens with zero attached hydrogens (tertiary/aromatic N) is 4. The fourth-order valence-corrected chi connectivity index (χ4v) is 5.66. The van der Waals surface area contributed by atoms with Crippen LogP contribution in [0.5, 0.6) is 5.75 Å². The van der Waals surface area contributed by atoms with Crippen LogP contribution >= 0.6 is 24.8 Å². The van der Waals surface area contributed by atoms with Gasteiger partial charge in [0.15, 0.2) is 5.78 Å². The lowest BCUT2D eigenvalue weighted by molar-refractivity contribution is 0.101. The number of carbonyl (C=O) groups is 1. The second kappa shape index (κ2) is 11.2. The second-order valence-corrected chi connectivity index (χ2v) is 9.75. The normalized spacial score (nSPS) is 15.2. The van der Waals surface area contributed by atoms with E-state index in [0.717, 1.165) is 54.4 Å². The van der Waals surface area contributed by atoms with Crippen LogP contribution in [0, 0.1) is 6.92 Å². The molecule has 6 rings (SSSR count). The number of piperidine rings is 1. The number of benzene rings is 2. The van der Waals surface area contributed by atoms with Gasteiger partial charge in [0, 0.05) is 24.5 Å². The van der Waals surface area contributed by atoms with E-state index < -0.39 is 0 Å². The zero-order valence-corrected chi connectivity index (χ0v) is 22.8. The van der Waals surface area contributed by atoms with Crippen molar-refractivity contribution < 1.29 is 9.53 Å². The van der Waals surface area contributed by atoms with E-state index in [1.54, 1.807) is 13.3 Å². The van der Waals surface area contributed by atoms with Gasteiger partial charge in [0.25, 0.3) is 0 Å². The Morgan fingerprint density at radius 1 is 1.05 bits per heavy atom. The highest BCUT2D eigenvalue weighted by Crippen LogP contribution is 2.36. The third kappa shape index (κ3) is 5.11. The van der Waals surface area contributed by atoms with Crippen LogP contribution in [0.1, 0.15) is 58.7 Å². The number of aromatic nitrogens is 3. The largest absolute Gasteiger partial charge is 0.485 e. The van der Waals surface area contributed by atoms with E-state index in [9.17, 15) is 4.79 Å². The third-order valence-electron chi connectivity index (χ3n) is 7.52. The van der Waals surface area contributed by atoms with Gasteiger partial charge in [0.05, 0.1) is 16.9 Å². The fourth-order valence-electron chi connectivity index (χ4n) is 5.66. The van der Waals surface area contributed by atoms with E-state index in [2.05, 4.69) is 59.3 Å². The van der Waals surface area contributed by atoms with Gasteiger partial charge in [-0.05, 0) is 74.5 Å². The van der Waals surface area contributed by atoms with Crippen molar-refractivity contribution >= 4 is 41.5 Å². The minimum absolute atomic E-state index is 0. The van der Waals surface area contributed by atoms with Gasteiger partial charge in [-0.25, -0.2) is 4.98 Å². The zero-order chi connectivity index (χ0) is 23.9. The summed E-state index contributed by atoms with van der Waals surface area (Å²) in [6.07, 6.45) is 5.02. The Morgan fingerprint density at radius 2 is 1.84 bits per heavy atom. The molecule has 1 fully saturated rings. The van der Waals surface area contributed by atoms with Gasteiger partial charge in [-0.2, -0.15) is 0 Å². The number of ketones is 1. The summed E-state index contributed by atoms with van der Waals surface area (Å²) >= 11 is 0. The quantitative estimate of drug-likeness (QED) is 0.288. The lowest BCUT2D eigenvalue weighted by atomic mass is 9.87. The molecule has 37 heavy (non-hydrogen) atoms. The number of Topliss-reactive ketones (excluding diaryl/α,β-unsaturated/α-hetero) is 1. The van der Waals surface area contributed by atoms with Gasteiger partial charge in [-0.3, -0.25) is 14.3 Å². The number of fused-ring (bicyclic) bond motifs is 4. The topological polar surface area (TPSA) is 60.3 Å². The highest BCUT2D eigenvalue weighted by atomic mass is 35.5. The Hall–Kier alpha value is -2.93. The van der Waals surface area contributed by atoms with Gasteiger partial charge < -0.3 is 9.64 Å². The maximum Gasteiger partial charge on any atom is 0.180 e. The maximum atomic E-state index is 11.9. The number of carbonyl (C=O) groups excluding carboxylic acids is 1. The first-order chi connectivity index (χ1) is 17.1. The summed E-state index contributed by atoms with van der Waals surface area (Å²) in [5.41, 5.74) is 7.15. The summed E-state index contributed by atoms with van der Waals surface area (Å²) in [4.78, 5) is 23.5. The molecule has 0 aliphatic carbocycles. The number of halogens is 2. The molecule has 2 aromatic heterocycles. The molecule has 1 saturated heterocycles. The van der Waals surface area contributed by atoms with E-state index in [1.807, 2.05) is 10.6 Å². The number of hydrogen-bond donors (Lipinski definition) is 0. The first kappa shape index (κ1) is 27.1. The van der Waals surface area contributed by atoms with Gasteiger partial charge in [0.1, 0.15) is 24.4 Å². The molecule has 0 atom stereocenters. The number of para-hydroxylation sites is 1. The Kier molecular flexibility index (Phi) is 8.22. The zero-order valence-electron chi connectivity index (χ0n) is 21.1. The van der Waals surface area contributed by atoms with Crippen molar-refractivity contribution in [3.8, 4) is 11.4 Å². The molecule has 2 aliphatic heterocycles. The second-order valence-electron chi connectivity index (χ2n) is 9.75. The number of aryl methyl sites for hydroxylation is 1. The van der Waals surface area contributed by atoms with Gasteiger partial charge in [-0.15, -0.1) is 24.8 Å². The smallest absolute Gasteiger partial charge is 0.180 e. The molecule has 0 unspecified atom stereocenters. The van der Waals surface area contributed by atoms with E-state index >= 15 is 0 Å². The number of pyridine rings is 1. The Balaban J connectivity index is 0.00000160. The van der Waals surface area contributed by atoms with Crippen molar-refractivity contribution in [3.05, 3.63) is 83.1 Å². The molecule has 0 spiro atoms. The monoisotopic (exact) mass is 538 g/mol. The highest BCUT2D eigenvalue weighted by molar-refractivity contribution is 5.93. The van der Waals surface area contributed by atoms with Gasteiger partial charge in [-0.1, -0.05) is 30.3 Å². The predicted molar refractivity (Wildman–Crippen MR) is 151 cm³/mol. The van der Waals surface area contributed by atoms with Crippen LogP contribution in [0.2, 0.25) is 0 Å². The van der Waals surface area contributed by atoms with Crippen molar-refractivity contribution in [2.45, 2.75) is 45.6 Å². The van der Waals surface area contributed by atoms with E-state index in [1.165, 1.54) is 29.4 Å². The lowest BCUT2D eigenvalue weighted by Crippen LogP contribution is -2.34. The molecule has 2 aliphatic rings. The molecule has 0 saturated carbocycles. The molecule has 6 nitrogen and oxygen atoms in total. The number of ether oxygens (including phenoxy) is 1. The van der Waals surface area contributed by atoms with Crippen LogP contribution in [-0.4, -0.2) is 44.9 Å². The van der Waals surface area contributed by atoms with E-state index in [0.29, 0.717) is 18.2 Å². The minimum Gasteiger partial charge on any atom is -0.485 e. The van der Waals surface area contributed by atoms with Crippen molar-refractivity contribution in [2.75, 3.05) is 19.6 Å². The fraction of sp³-hybridized carbons (Fsp3) is 0.345. The summed E-state index contributed by atoms with van der Waals surface area (Å²) < 4.78 is 8.16. The Bertz CT molecular complexity index is 1430. The highest BCUT2D eigenvalue weighted by Gasteiger charge is 2.26. The predicted octanol–water partition coefficient (Wildman–Crippen LogP) is 6.09. The first-order valence-electron chi connectivity index (χ1n) is 12.5.